The van der Waals surface area contributed by atoms with E-state index in [9.17, 15) is 13.2 Å². The van der Waals surface area contributed by atoms with Crippen molar-refractivity contribution in [2.24, 2.45) is 5.41 Å². The molecule has 5 heteroatoms. The van der Waals surface area contributed by atoms with E-state index in [0.29, 0.717) is 5.41 Å². The minimum absolute atomic E-state index is 0.172. The lowest BCUT2D eigenvalue weighted by atomic mass is 9.87. The third-order valence-corrected chi connectivity index (χ3v) is 3.85. The number of alkyl halides is 3. The molecule has 1 heterocycles. The molecule has 0 amide bonds. The van der Waals surface area contributed by atoms with E-state index in [4.69, 9.17) is 0 Å². The van der Waals surface area contributed by atoms with Gasteiger partial charge in [0, 0.05) is 18.8 Å². The largest absolute Gasteiger partial charge is 0.573 e. The van der Waals surface area contributed by atoms with Gasteiger partial charge in [-0.25, -0.2) is 0 Å². The fourth-order valence-electron chi connectivity index (χ4n) is 2.39. The number of hydrogen-bond donors (Lipinski definition) is 0. The first-order valence-electron chi connectivity index (χ1n) is 6.42. The molecule has 1 aliphatic heterocycles. The third-order valence-electron chi connectivity index (χ3n) is 3.85. The molecule has 0 bridgehead atoms. The molecule has 2 nitrogen and oxygen atoms in total. The zero-order valence-corrected chi connectivity index (χ0v) is 11.1. The molecular formula is C14H18F3NO. The molecular weight excluding hydrogens is 255 g/mol. The Bertz CT molecular complexity index is 429. The van der Waals surface area contributed by atoms with Crippen LogP contribution in [0.1, 0.15) is 26.7 Å². The number of nitrogens with zero attached hydrogens (tertiary/aromatic N) is 1. The first kappa shape index (κ1) is 14.0. The lowest BCUT2D eigenvalue weighted by Gasteiger charge is -2.24. The molecule has 106 valence electrons. The summed E-state index contributed by atoms with van der Waals surface area (Å²) in [7, 11) is 0. The molecule has 1 aromatic rings. The van der Waals surface area contributed by atoms with Crippen LogP contribution in [0, 0.1) is 5.41 Å². The molecule has 1 saturated heterocycles. The highest BCUT2D eigenvalue weighted by atomic mass is 19.4. The van der Waals surface area contributed by atoms with Gasteiger partial charge in [0.2, 0.25) is 0 Å². The van der Waals surface area contributed by atoms with Crippen molar-refractivity contribution in [1.29, 1.82) is 0 Å². The van der Waals surface area contributed by atoms with Gasteiger partial charge in [0.1, 0.15) is 5.75 Å². The number of hydrogen-bond acceptors (Lipinski definition) is 2. The SMILES string of the molecule is CCC1(C)CCN(c2ccc(OC(F)(F)F)cc2)C1. The highest BCUT2D eigenvalue weighted by Gasteiger charge is 2.33. The molecule has 1 unspecified atom stereocenters. The Morgan fingerprint density at radius 2 is 1.89 bits per heavy atom. The van der Waals surface area contributed by atoms with E-state index in [-0.39, 0.29) is 5.75 Å². The Balaban J connectivity index is 2.04. The Morgan fingerprint density at radius 1 is 1.26 bits per heavy atom. The van der Waals surface area contributed by atoms with E-state index in [0.717, 1.165) is 31.6 Å². The second-order valence-electron chi connectivity index (χ2n) is 5.38. The molecule has 0 N–H and O–H groups in total. The lowest BCUT2D eigenvalue weighted by molar-refractivity contribution is -0.274. The van der Waals surface area contributed by atoms with Crippen LogP contribution in [-0.4, -0.2) is 19.5 Å². The average molecular weight is 273 g/mol. The van der Waals surface area contributed by atoms with E-state index in [1.165, 1.54) is 12.1 Å². The predicted molar refractivity (Wildman–Crippen MR) is 68.4 cm³/mol. The summed E-state index contributed by atoms with van der Waals surface area (Å²) in [5.41, 5.74) is 1.26. The molecule has 19 heavy (non-hydrogen) atoms. The summed E-state index contributed by atoms with van der Waals surface area (Å²) in [5.74, 6) is -0.172. The molecule has 0 saturated carbocycles. The molecule has 1 fully saturated rings. The average Bonchev–Trinajstić information content (AvgIpc) is 2.72. The van der Waals surface area contributed by atoms with Crippen molar-refractivity contribution in [3.63, 3.8) is 0 Å². The second-order valence-corrected chi connectivity index (χ2v) is 5.38. The van der Waals surface area contributed by atoms with Crippen LogP contribution in [0.5, 0.6) is 5.75 Å². The Kier molecular flexibility index (Phi) is 3.65. The standard InChI is InChI=1S/C14H18F3NO/c1-3-13(2)8-9-18(10-13)11-4-6-12(7-5-11)19-14(15,16)17/h4-7H,3,8-10H2,1-2H3. The van der Waals surface area contributed by atoms with Gasteiger partial charge < -0.3 is 9.64 Å². The van der Waals surface area contributed by atoms with Crippen molar-refractivity contribution in [2.75, 3.05) is 18.0 Å². The van der Waals surface area contributed by atoms with Crippen molar-refractivity contribution in [1.82, 2.24) is 0 Å². The predicted octanol–water partition coefficient (Wildman–Crippen LogP) is 4.21. The first-order chi connectivity index (χ1) is 8.81. The summed E-state index contributed by atoms with van der Waals surface area (Å²) in [6.45, 7) is 6.31. The number of benzene rings is 1. The molecule has 1 aromatic carbocycles. The Hall–Kier alpha value is -1.39. The van der Waals surface area contributed by atoms with E-state index < -0.39 is 6.36 Å². The highest BCUT2D eigenvalue weighted by molar-refractivity contribution is 5.50. The monoisotopic (exact) mass is 273 g/mol. The van der Waals surface area contributed by atoms with Gasteiger partial charge >= 0.3 is 6.36 Å². The van der Waals surface area contributed by atoms with E-state index in [2.05, 4.69) is 23.5 Å². The topological polar surface area (TPSA) is 12.5 Å². The van der Waals surface area contributed by atoms with Crippen molar-refractivity contribution in [2.45, 2.75) is 33.1 Å². The molecule has 1 aliphatic rings. The van der Waals surface area contributed by atoms with E-state index >= 15 is 0 Å². The van der Waals surface area contributed by atoms with Crippen molar-refractivity contribution in [3.05, 3.63) is 24.3 Å². The smallest absolute Gasteiger partial charge is 0.406 e. The summed E-state index contributed by atoms with van der Waals surface area (Å²) >= 11 is 0. The van der Waals surface area contributed by atoms with Gasteiger partial charge in [-0.05, 0) is 42.5 Å². The molecule has 0 aliphatic carbocycles. The molecule has 0 radical (unpaired) electrons. The van der Waals surface area contributed by atoms with Crippen LogP contribution in [0.15, 0.2) is 24.3 Å². The van der Waals surface area contributed by atoms with Gasteiger partial charge in [-0.2, -0.15) is 0 Å². The molecule has 1 atom stereocenters. The minimum Gasteiger partial charge on any atom is -0.406 e. The number of anilines is 1. The van der Waals surface area contributed by atoms with Crippen LogP contribution in [0.25, 0.3) is 0 Å². The normalized spacial score (nSPS) is 23.7. The quantitative estimate of drug-likeness (QED) is 0.818. The minimum atomic E-state index is -4.63. The van der Waals surface area contributed by atoms with Crippen LogP contribution >= 0.6 is 0 Å². The summed E-state index contributed by atoms with van der Waals surface area (Å²) < 4.78 is 40.0. The lowest BCUT2D eigenvalue weighted by Crippen LogP contribution is -2.24. The number of halogens is 3. The van der Waals surface area contributed by atoms with Crippen LogP contribution in [0.2, 0.25) is 0 Å². The highest BCUT2D eigenvalue weighted by Crippen LogP contribution is 2.36. The van der Waals surface area contributed by atoms with Gasteiger partial charge in [-0.3, -0.25) is 0 Å². The summed E-state index contributed by atoms with van der Waals surface area (Å²) in [6.07, 6.45) is -2.40. The maximum Gasteiger partial charge on any atom is 0.573 e. The zero-order chi connectivity index (χ0) is 14.1. The fourth-order valence-corrected chi connectivity index (χ4v) is 2.39. The van der Waals surface area contributed by atoms with Gasteiger partial charge in [0.25, 0.3) is 0 Å². The number of ether oxygens (including phenoxy) is 1. The van der Waals surface area contributed by atoms with Crippen molar-refractivity contribution in [3.8, 4) is 5.75 Å². The number of rotatable bonds is 3. The first-order valence-corrected chi connectivity index (χ1v) is 6.42. The van der Waals surface area contributed by atoms with Crippen LogP contribution in [0.3, 0.4) is 0 Å². The Morgan fingerprint density at radius 3 is 2.37 bits per heavy atom. The molecule has 0 spiro atoms. The van der Waals surface area contributed by atoms with E-state index in [1.807, 2.05) is 0 Å². The summed E-state index contributed by atoms with van der Waals surface area (Å²) in [5, 5.41) is 0. The van der Waals surface area contributed by atoms with E-state index in [1.54, 1.807) is 12.1 Å². The molecule has 0 aromatic heterocycles. The van der Waals surface area contributed by atoms with Crippen LogP contribution < -0.4 is 9.64 Å². The van der Waals surface area contributed by atoms with Gasteiger partial charge in [0.05, 0.1) is 0 Å². The molecule has 2 rings (SSSR count). The van der Waals surface area contributed by atoms with Gasteiger partial charge in [-0.1, -0.05) is 13.8 Å². The third kappa shape index (κ3) is 3.55. The van der Waals surface area contributed by atoms with Gasteiger partial charge in [-0.15, -0.1) is 13.2 Å². The Labute approximate surface area is 111 Å². The maximum atomic E-state index is 12.1. The fraction of sp³-hybridized carbons (Fsp3) is 0.571. The van der Waals surface area contributed by atoms with Crippen molar-refractivity contribution >= 4 is 5.69 Å². The van der Waals surface area contributed by atoms with Crippen LogP contribution in [0.4, 0.5) is 18.9 Å². The van der Waals surface area contributed by atoms with Gasteiger partial charge in [0.15, 0.2) is 0 Å². The summed E-state index contributed by atoms with van der Waals surface area (Å²) in [6, 6.07) is 6.10. The van der Waals surface area contributed by atoms with Crippen LogP contribution in [-0.2, 0) is 0 Å². The van der Waals surface area contributed by atoms with Crippen molar-refractivity contribution < 1.29 is 17.9 Å². The second kappa shape index (κ2) is 4.94. The maximum absolute atomic E-state index is 12.1. The zero-order valence-electron chi connectivity index (χ0n) is 11.1. The summed E-state index contributed by atoms with van der Waals surface area (Å²) in [4.78, 5) is 2.21.